The average molecular weight is 282 g/mol. The number of nitrogens with one attached hydrogen (secondary N) is 2. The highest BCUT2D eigenvalue weighted by atomic mass is 32.2. The molecule has 2 N–H and O–H groups in total. The summed E-state index contributed by atoms with van der Waals surface area (Å²) >= 11 is 1.93. The van der Waals surface area contributed by atoms with Crippen molar-refractivity contribution >= 4 is 23.5 Å². The molecule has 0 unspecified atom stereocenters. The van der Waals surface area contributed by atoms with Crippen molar-refractivity contribution in [3.8, 4) is 0 Å². The quantitative estimate of drug-likeness (QED) is 0.810. The number of hydrogen-bond acceptors (Lipinski definition) is 2. The predicted molar refractivity (Wildman–Crippen MR) is 78.1 cm³/mol. The van der Waals surface area contributed by atoms with Crippen molar-refractivity contribution < 1.29 is 9.18 Å². The van der Waals surface area contributed by atoms with Crippen molar-refractivity contribution in [2.75, 3.05) is 17.6 Å². The van der Waals surface area contributed by atoms with Crippen LogP contribution in [0.15, 0.2) is 24.3 Å². The van der Waals surface area contributed by atoms with Gasteiger partial charge in [-0.1, -0.05) is 18.9 Å². The standard InChI is InChI=1S/C14H19FN2OS/c15-11-4-3-5-12(10-11)17-14(18)16-8-9-19-13-6-1-2-7-13/h3-5,10,13H,1-2,6-9H2,(H2,16,17,18). The summed E-state index contributed by atoms with van der Waals surface area (Å²) in [6.07, 6.45) is 5.29. The van der Waals surface area contributed by atoms with Gasteiger partial charge < -0.3 is 10.6 Å². The number of carbonyl (C=O) groups excluding carboxylic acids is 1. The largest absolute Gasteiger partial charge is 0.337 e. The number of thioether (sulfide) groups is 1. The molecule has 1 aliphatic carbocycles. The SMILES string of the molecule is O=C(NCCSC1CCCC1)Nc1cccc(F)c1. The van der Waals surface area contributed by atoms with E-state index in [2.05, 4.69) is 10.6 Å². The number of halogens is 1. The summed E-state index contributed by atoms with van der Waals surface area (Å²) in [5.74, 6) is 0.580. The molecule has 1 aromatic carbocycles. The van der Waals surface area contributed by atoms with Gasteiger partial charge in [-0.2, -0.15) is 11.8 Å². The lowest BCUT2D eigenvalue weighted by molar-refractivity contribution is 0.252. The molecule has 5 heteroatoms. The lowest BCUT2D eigenvalue weighted by Gasteiger charge is -2.10. The number of benzene rings is 1. The number of rotatable bonds is 5. The van der Waals surface area contributed by atoms with Crippen molar-refractivity contribution in [1.82, 2.24) is 5.32 Å². The van der Waals surface area contributed by atoms with Gasteiger partial charge in [0.2, 0.25) is 0 Å². The summed E-state index contributed by atoms with van der Waals surface area (Å²) in [7, 11) is 0. The van der Waals surface area contributed by atoms with Crippen LogP contribution >= 0.6 is 11.8 Å². The van der Waals surface area contributed by atoms with E-state index in [1.807, 2.05) is 11.8 Å². The molecule has 3 nitrogen and oxygen atoms in total. The van der Waals surface area contributed by atoms with E-state index >= 15 is 0 Å². The second-order valence-corrected chi connectivity index (χ2v) is 6.08. The average Bonchev–Trinajstić information content (AvgIpc) is 2.88. The second kappa shape index (κ2) is 7.38. The normalized spacial score (nSPS) is 15.4. The number of hydrogen-bond donors (Lipinski definition) is 2. The Kier molecular flexibility index (Phi) is 5.51. The van der Waals surface area contributed by atoms with E-state index in [1.54, 1.807) is 12.1 Å². The van der Waals surface area contributed by atoms with Crippen LogP contribution in [-0.4, -0.2) is 23.6 Å². The maximum absolute atomic E-state index is 12.9. The van der Waals surface area contributed by atoms with E-state index in [0.717, 1.165) is 11.0 Å². The Balaban J connectivity index is 1.61. The third-order valence-corrected chi connectivity index (χ3v) is 4.51. The molecule has 0 aromatic heterocycles. The van der Waals surface area contributed by atoms with Gasteiger partial charge in [-0.15, -0.1) is 0 Å². The van der Waals surface area contributed by atoms with Crippen LogP contribution in [0.2, 0.25) is 0 Å². The van der Waals surface area contributed by atoms with E-state index in [4.69, 9.17) is 0 Å². The van der Waals surface area contributed by atoms with E-state index in [-0.39, 0.29) is 11.8 Å². The van der Waals surface area contributed by atoms with Crippen molar-refractivity contribution in [2.45, 2.75) is 30.9 Å². The molecule has 1 aromatic rings. The van der Waals surface area contributed by atoms with Gasteiger partial charge in [0, 0.05) is 23.2 Å². The highest BCUT2D eigenvalue weighted by molar-refractivity contribution is 7.99. The zero-order valence-electron chi connectivity index (χ0n) is 10.8. The van der Waals surface area contributed by atoms with Crippen molar-refractivity contribution in [3.63, 3.8) is 0 Å². The highest BCUT2D eigenvalue weighted by Crippen LogP contribution is 2.28. The third-order valence-electron chi connectivity index (χ3n) is 3.13. The van der Waals surface area contributed by atoms with Crippen molar-refractivity contribution in [3.05, 3.63) is 30.1 Å². The lowest BCUT2D eigenvalue weighted by Crippen LogP contribution is -2.30. The van der Waals surface area contributed by atoms with E-state index in [9.17, 15) is 9.18 Å². The Morgan fingerprint density at radius 2 is 2.16 bits per heavy atom. The smallest absolute Gasteiger partial charge is 0.319 e. The second-order valence-electron chi connectivity index (χ2n) is 4.67. The van der Waals surface area contributed by atoms with Gasteiger partial charge in [-0.25, -0.2) is 9.18 Å². The number of anilines is 1. The minimum absolute atomic E-state index is 0.280. The lowest BCUT2D eigenvalue weighted by atomic mass is 10.3. The molecule has 1 fully saturated rings. The fourth-order valence-electron chi connectivity index (χ4n) is 2.19. The maximum atomic E-state index is 12.9. The molecular weight excluding hydrogens is 263 g/mol. The van der Waals surface area contributed by atoms with E-state index in [1.165, 1.54) is 37.8 Å². The third kappa shape index (κ3) is 5.11. The maximum Gasteiger partial charge on any atom is 0.319 e. The van der Waals surface area contributed by atoms with Gasteiger partial charge in [0.1, 0.15) is 5.82 Å². The van der Waals surface area contributed by atoms with Gasteiger partial charge in [-0.3, -0.25) is 0 Å². The van der Waals surface area contributed by atoms with Gasteiger partial charge >= 0.3 is 6.03 Å². The Morgan fingerprint density at radius 3 is 2.89 bits per heavy atom. The zero-order chi connectivity index (χ0) is 13.5. The van der Waals surface area contributed by atoms with Gasteiger partial charge in [0.25, 0.3) is 0 Å². The molecule has 104 valence electrons. The molecule has 0 heterocycles. The fraction of sp³-hybridized carbons (Fsp3) is 0.500. The molecule has 1 aliphatic rings. The first-order valence-corrected chi connectivity index (χ1v) is 7.71. The van der Waals surface area contributed by atoms with Gasteiger partial charge in [0.05, 0.1) is 0 Å². The van der Waals surface area contributed by atoms with Crippen LogP contribution in [0.3, 0.4) is 0 Å². The zero-order valence-corrected chi connectivity index (χ0v) is 11.6. The van der Waals surface area contributed by atoms with Crippen LogP contribution < -0.4 is 10.6 Å². The highest BCUT2D eigenvalue weighted by Gasteiger charge is 2.14. The molecule has 2 rings (SSSR count). The van der Waals surface area contributed by atoms with Crippen molar-refractivity contribution in [1.29, 1.82) is 0 Å². The molecule has 2 amide bonds. The molecule has 1 saturated carbocycles. The van der Waals surface area contributed by atoms with Crippen LogP contribution in [-0.2, 0) is 0 Å². The summed E-state index contributed by atoms with van der Waals surface area (Å²) in [5.41, 5.74) is 0.473. The van der Waals surface area contributed by atoms with Crippen LogP contribution in [0, 0.1) is 5.82 Å². The minimum Gasteiger partial charge on any atom is -0.337 e. The van der Waals surface area contributed by atoms with Crippen LogP contribution in [0.1, 0.15) is 25.7 Å². The molecule has 0 atom stereocenters. The first-order chi connectivity index (χ1) is 9.24. The van der Waals surface area contributed by atoms with Crippen LogP contribution in [0.25, 0.3) is 0 Å². The predicted octanol–water partition coefficient (Wildman–Crippen LogP) is 3.62. The van der Waals surface area contributed by atoms with E-state index in [0.29, 0.717) is 12.2 Å². The topological polar surface area (TPSA) is 41.1 Å². The van der Waals surface area contributed by atoms with Gasteiger partial charge in [0.15, 0.2) is 0 Å². The summed E-state index contributed by atoms with van der Waals surface area (Å²) < 4.78 is 12.9. The summed E-state index contributed by atoms with van der Waals surface area (Å²) in [5, 5.41) is 6.16. The molecule has 19 heavy (non-hydrogen) atoms. The Hall–Kier alpha value is -1.23. The first-order valence-electron chi connectivity index (χ1n) is 6.66. The Morgan fingerprint density at radius 1 is 1.37 bits per heavy atom. The minimum atomic E-state index is -0.352. The van der Waals surface area contributed by atoms with Crippen LogP contribution in [0.5, 0.6) is 0 Å². The molecule has 0 bridgehead atoms. The molecule has 0 radical (unpaired) electrons. The first kappa shape index (κ1) is 14.2. The fourth-order valence-corrected chi connectivity index (χ4v) is 3.41. The Labute approximate surface area is 117 Å². The monoisotopic (exact) mass is 282 g/mol. The Bertz CT molecular complexity index is 422. The summed E-state index contributed by atoms with van der Waals surface area (Å²) in [6, 6.07) is 5.60. The van der Waals surface area contributed by atoms with Gasteiger partial charge in [-0.05, 0) is 31.0 Å². The van der Waals surface area contributed by atoms with E-state index < -0.39 is 0 Å². The molecule has 0 spiro atoms. The number of amides is 2. The summed E-state index contributed by atoms with van der Waals surface area (Å²) in [6.45, 7) is 0.641. The summed E-state index contributed by atoms with van der Waals surface area (Å²) in [4.78, 5) is 11.6. The number of carbonyl (C=O) groups is 1. The van der Waals surface area contributed by atoms with Crippen LogP contribution in [0.4, 0.5) is 14.9 Å². The molecule has 0 saturated heterocycles. The number of urea groups is 1. The molecular formula is C14H19FN2OS. The van der Waals surface area contributed by atoms with Crippen molar-refractivity contribution in [2.24, 2.45) is 0 Å². The molecule has 0 aliphatic heterocycles.